The van der Waals surface area contributed by atoms with Crippen LogP contribution >= 0.6 is 0 Å². The Kier molecular flexibility index (Phi) is 6.96. The molecule has 0 fully saturated rings. The predicted octanol–water partition coefficient (Wildman–Crippen LogP) is 3.31. The van der Waals surface area contributed by atoms with Gasteiger partial charge in [0, 0.05) is 19.0 Å². The lowest BCUT2D eigenvalue weighted by atomic mass is 10.1. The fourth-order valence-corrected chi connectivity index (χ4v) is 3.51. The molecule has 0 spiro atoms. The van der Waals surface area contributed by atoms with Gasteiger partial charge in [0.1, 0.15) is 17.0 Å². The fraction of sp³-hybridized carbons (Fsp3) is 0.286. The maximum atomic E-state index is 12.5. The topological polar surface area (TPSA) is 162 Å². The molecule has 1 aliphatic heterocycles. The van der Waals surface area contributed by atoms with Crippen molar-refractivity contribution in [1.82, 2.24) is 4.90 Å². The molecule has 172 valence electrons. The fourth-order valence-electron chi connectivity index (χ4n) is 3.51. The minimum Gasteiger partial charge on any atom is -0.496 e. The maximum Gasteiger partial charge on any atom is 0.296 e. The van der Waals surface area contributed by atoms with E-state index >= 15 is 0 Å². The highest BCUT2D eigenvalue weighted by molar-refractivity contribution is 6.23. The van der Waals surface area contributed by atoms with E-state index in [-0.39, 0.29) is 41.2 Å². The van der Waals surface area contributed by atoms with Crippen molar-refractivity contribution in [1.29, 1.82) is 0 Å². The molecule has 12 nitrogen and oxygen atoms in total. The highest BCUT2D eigenvalue weighted by Gasteiger charge is 2.40. The van der Waals surface area contributed by atoms with Crippen molar-refractivity contribution >= 4 is 34.8 Å². The monoisotopic (exact) mass is 456 g/mol. The van der Waals surface area contributed by atoms with E-state index in [1.165, 1.54) is 43.5 Å². The van der Waals surface area contributed by atoms with Crippen molar-refractivity contribution < 1.29 is 29.0 Å². The number of methoxy groups -OCH3 is 1. The number of ether oxygens (including phenoxy) is 1. The maximum absolute atomic E-state index is 12.5. The molecule has 33 heavy (non-hydrogen) atoms. The summed E-state index contributed by atoms with van der Waals surface area (Å²) in [6.45, 7) is 0.0646. The number of anilines is 1. The molecule has 2 aromatic carbocycles. The van der Waals surface area contributed by atoms with Crippen molar-refractivity contribution in [3.8, 4) is 5.75 Å². The number of carbonyl (C=O) groups excluding carboxylic acids is 3. The second-order valence-corrected chi connectivity index (χ2v) is 7.22. The number of benzene rings is 2. The first-order chi connectivity index (χ1) is 15.7. The Morgan fingerprint density at radius 3 is 2.39 bits per heavy atom. The minimum absolute atomic E-state index is 0.00895. The number of hydrogen-bond donors (Lipinski definition) is 1. The van der Waals surface area contributed by atoms with Crippen LogP contribution in [0.3, 0.4) is 0 Å². The van der Waals surface area contributed by atoms with Gasteiger partial charge in [-0.2, -0.15) is 0 Å². The standard InChI is InChI=1S/C21H20N4O8/c1-33-13-9-10-15(17(12-13)25(31)32)22-18(26)8-3-2-4-11-23-20(27)14-6-5-7-16(24(29)30)19(14)21(23)28/h5-7,9-10,12H,2-4,8,11H2,1H3,(H,22,26). The Morgan fingerprint density at radius 2 is 1.73 bits per heavy atom. The molecular formula is C21H20N4O8. The lowest BCUT2D eigenvalue weighted by Crippen LogP contribution is -2.30. The lowest BCUT2D eigenvalue weighted by molar-refractivity contribution is -0.385. The van der Waals surface area contributed by atoms with Crippen molar-refractivity contribution in [3.05, 3.63) is 67.8 Å². The summed E-state index contributed by atoms with van der Waals surface area (Å²) in [5, 5.41) is 24.8. The van der Waals surface area contributed by atoms with Gasteiger partial charge >= 0.3 is 0 Å². The van der Waals surface area contributed by atoms with Crippen molar-refractivity contribution in [2.24, 2.45) is 0 Å². The minimum atomic E-state index is -0.702. The second kappa shape index (κ2) is 9.85. The van der Waals surface area contributed by atoms with Crippen LogP contribution in [-0.2, 0) is 4.79 Å². The van der Waals surface area contributed by atoms with Gasteiger partial charge in [0.05, 0.1) is 28.6 Å². The van der Waals surface area contributed by atoms with Gasteiger partial charge in [-0.05, 0) is 31.0 Å². The first-order valence-electron chi connectivity index (χ1n) is 10.0. The molecule has 1 aliphatic rings. The van der Waals surface area contributed by atoms with Crippen LogP contribution in [0.1, 0.15) is 46.4 Å². The molecule has 1 heterocycles. The summed E-state index contributed by atoms with van der Waals surface area (Å²) < 4.78 is 4.95. The largest absolute Gasteiger partial charge is 0.496 e. The van der Waals surface area contributed by atoms with E-state index in [9.17, 15) is 34.6 Å². The molecule has 0 aromatic heterocycles. The van der Waals surface area contributed by atoms with Crippen LogP contribution in [0, 0.1) is 20.2 Å². The van der Waals surface area contributed by atoms with Crippen LogP contribution in [0.2, 0.25) is 0 Å². The molecule has 3 amide bonds. The van der Waals surface area contributed by atoms with E-state index in [0.717, 1.165) is 4.90 Å². The summed E-state index contributed by atoms with van der Waals surface area (Å²) >= 11 is 0. The summed E-state index contributed by atoms with van der Waals surface area (Å²) in [5.41, 5.74) is -0.832. The van der Waals surface area contributed by atoms with E-state index in [4.69, 9.17) is 4.74 Å². The van der Waals surface area contributed by atoms with Crippen LogP contribution in [0.5, 0.6) is 5.75 Å². The molecule has 0 unspecified atom stereocenters. The lowest BCUT2D eigenvalue weighted by Gasteiger charge is -2.13. The quantitative estimate of drug-likeness (QED) is 0.246. The molecule has 3 rings (SSSR count). The second-order valence-electron chi connectivity index (χ2n) is 7.22. The molecule has 0 radical (unpaired) electrons. The molecule has 1 N–H and O–H groups in total. The number of nitrogens with one attached hydrogen (secondary N) is 1. The van der Waals surface area contributed by atoms with E-state index in [2.05, 4.69) is 5.32 Å². The summed E-state index contributed by atoms with van der Waals surface area (Å²) in [6, 6.07) is 8.01. The number of rotatable bonds is 10. The average molecular weight is 456 g/mol. The number of carbonyl (C=O) groups is 3. The number of fused-ring (bicyclic) bond motifs is 1. The predicted molar refractivity (Wildman–Crippen MR) is 115 cm³/mol. The molecule has 0 aliphatic carbocycles. The highest BCUT2D eigenvalue weighted by Crippen LogP contribution is 2.31. The highest BCUT2D eigenvalue weighted by atomic mass is 16.6. The summed E-state index contributed by atoms with van der Waals surface area (Å²) in [6.07, 6.45) is 1.39. The van der Waals surface area contributed by atoms with Crippen molar-refractivity contribution in [2.45, 2.75) is 25.7 Å². The van der Waals surface area contributed by atoms with Gasteiger partial charge in [-0.1, -0.05) is 12.5 Å². The third-order valence-corrected chi connectivity index (χ3v) is 5.13. The Balaban J connectivity index is 1.50. The Labute approximate surface area is 187 Å². The third kappa shape index (κ3) is 4.95. The number of nitro groups is 2. The summed E-state index contributed by atoms with van der Waals surface area (Å²) in [4.78, 5) is 59.1. The van der Waals surface area contributed by atoms with Crippen LogP contribution in [0.4, 0.5) is 17.1 Å². The van der Waals surface area contributed by atoms with Crippen LogP contribution in [0.15, 0.2) is 36.4 Å². The van der Waals surface area contributed by atoms with Gasteiger partial charge in [0.25, 0.3) is 23.2 Å². The van der Waals surface area contributed by atoms with Crippen molar-refractivity contribution in [2.75, 3.05) is 19.0 Å². The zero-order valence-electron chi connectivity index (χ0n) is 17.6. The van der Waals surface area contributed by atoms with Gasteiger partial charge in [0.2, 0.25) is 5.91 Å². The average Bonchev–Trinajstić information content (AvgIpc) is 3.03. The van der Waals surface area contributed by atoms with Gasteiger partial charge in [-0.15, -0.1) is 0 Å². The number of unbranched alkanes of at least 4 members (excludes halogenated alkanes) is 2. The van der Waals surface area contributed by atoms with E-state index in [1.54, 1.807) is 0 Å². The summed E-state index contributed by atoms with van der Waals surface area (Å²) in [5.74, 6) is -1.41. The molecule has 0 atom stereocenters. The molecule has 12 heteroatoms. The Bertz CT molecular complexity index is 1150. The van der Waals surface area contributed by atoms with Gasteiger partial charge in [-0.3, -0.25) is 39.5 Å². The van der Waals surface area contributed by atoms with Crippen LogP contribution < -0.4 is 10.1 Å². The third-order valence-electron chi connectivity index (χ3n) is 5.13. The Hall–Kier alpha value is -4.35. The first kappa shape index (κ1) is 23.3. The first-order valence-corrected chi connectivity index (χ1v) is 10.0. The zero-order valence-corrected chi connectivity index (χ0v) is 17.6. The van der Waals surface area contributed by atoms with Crippen LogP contribution in [0.25, 0.3) is 0 Å². The Morgan fingerprint density at radius 1 is 1.00 bits per heavy atom. The number of nitrogens with zero attached hydrogens (tertiary/aromatic N) is 3. The molecule has 0 bridgehead atoms. The van der Waals surface area contributed by atoms with Crippen LogP contribution in [-0.4, -0.2) is 46.1 Å². The zero-order chi connectivity index (χ0) is 24.1. The van der Waals surface area contributed by atoms with E-state index in [1.807, 2.05) is 0 Å². The molecule has 0 saturated heterocycles. The normalized spacial score (nSPS) is 12.5. The van der Waals surface area contributed by atoms with Gasteiger partial charge in [-0.25, -0.2) is 0 Å². The number of nitro benzene ring substituents is 2. The van der Waals surface area contributed by atoms with Crippen molar-refractivity contribution in [3.63, 3.8) is 0 Å². The van der Waals surface area contributed by atoms with Gasteiger partial charge in [0.15, 0.2) is 0 Å². The van der Waals surface area contributed by atoms with Gasteiger partial charge < -0.3 is 10.1 Å². The molecular weight excluding hydrogens is 436 g/mol. The smallest absolute Gasteiger partial charge is 0.296 e. The summed E-state index contributed by atoms with van der Waals surface area (Å²) in [7, 11) is 1.38. The molecule has 2 aromatic rings. The number of hydrogen-bond acceptors (Lipinski definition) is 8. The van der Waals surface area contributed by atoms with E-state index in [0.29, 0.717) is 19.3 Å². The number of amides is 3. The van der Waals surface area contributed by atoms with E-state index < -0.39 is 33.3 Å². The molecule has 0 saturated carbocycles. The number of imide groups is 1. The SMILES string of the molecule is COc1ccc(NC(=O)CCCCCN2C(=O)c3cccc([N+](=O)[O-])c3C2=O)c([N+](=O)[O-])c1.